The number of nitrogens with one attached hydrogen (secondary N) is 2. The molecule has 2 aromatic carbocycles. The number of methoxy groups -OCH3 is 1. The average Bonchev–Trinajstić information content (AvgIpc) is 3.43. The summed E-state index contributed by atoms with van der Waals surface area (Å²) in [6.45, 7) is 0.488. The van der Waals surface area contributed by atoms with Gasteiger partial charge >= 0.3 is 0 Å². The molecule has 0 bridgehead atoms. The molecule has 0 amide bonds. The third-order valence-corrected chi connectivity index (χ3v) is 5.46. The van der Waals surface area contributed by atoms with Crippen LogP contribution in [0.1, 0.15) is 24.0 Å². The number of hydrogen-bond donors (Lipinski definition) is 2. The van der Waals surface area contributed by atoms with E-state index in [9.17, 15) is 8.42 Å². The standard InChI is InChI=1S/C18H19N3O3S/c1-24-18-9-8-16(25(22,23)21-15-6-7-15)10-17(18)20-12-14-4-2-13(11-19)3-5-14/h2-5,8-10,15,20-21H,6-7,12H2,1H3. The molecular formula is C18H19N3O3S. The van der Waals surface area contributed by atoms with Crippen LogP contribution in [-0.2, 0) is 16.6 Å². The number of nitrogens with zero attached hydrogens (tertiary/aromatic N) is 1. The number of hydrogen-bond acceptors (Lipinski definition) is 5. The lowest BCUT2D eigenvalue weighted by Gasteiger charge is -2.14. The van der Waals surface area contributed by atoms with Crippen molar-refractivity contribution < 1.29 is 13.2 Å². The van der Waals surface area contributed by atoms with Crippen LogP contribution in [0.25, 0.3) is 0 Å². The quantitative estimate of drug-likeness (QED) is 0.795. The molecule has 0 aliphatic heterocycles. The Hall–Kier alpha value is -2.56. The molecular weight excluding hydrogens is 338 g/mol. The van der Waals surface area contributed by atoms with E-state index in [0.717, 1.165) is 18.4 Å². The summed E-state index contributed by atoms with van der Waals surface area (Å²) in [7, 11) is -1.98. The monoisotopic (exact) mass is 357 g/mol. The second-order valence-electron chi connectivity index (χ2n) is 5.92. The van der Waals surface area contributed by atoms with Crippen LogP contribution in [0, 0.1) is 11.3 Å². The van der Waals surface area contributed by atoms with Gasteiger partial charge in [-0.3, -0.25) is 0 Å². The second-order valence-corrected chi connectivity index (χ2v) is 7.63. The van der Waals surface area contributed by atoms with Crippen molar-refractivity contribution in [1.82, 2.24) is 4.72 Å². The van der Waals surface area contributed by atoms with Gasteiger partial charge in [0.1, 0.15) is 5.75 Å². The zero-order chi connectivity index (χ0) is 17.9. The highest BCUT2D eigenvalue weighted by Crippen LogP contribution is 2.29. The maximum atomic E-state index is 12.4. The normalized spacial score (nSPS) is 13.9. The van der Waals surface area contributed by atoms with Crippen LogP contribution in [-0.4, -0.2) is 21.6 Å². The van der Waals surface area contributed by atoms with Gasteiger partial charge in [0.05, 0.1) is 29.3 Å². The number of nitriles is 1. The van der Waals surface area contributed by atoms with Crippen molar-refractivity contribution in [2.45, 2.75) is 30.3 Å². The summed E-state index contributed by atoms with van der Waals surface area (Å²) in [5, 5.41) is 12.0. The van der Waals surface area contributed by atoms with E-state index in [1.807, 2.05) is 12.1 Å². The molecule has 0 atom stereocenters. The molecule has 0 saturated heterocycles. The molecule has 2 aromatic rings. The minimum Gasteiger partial charge on any atom is -0.495 e. The Morgan fingerprint density at radius 1 is 1.20 bits per heavy atom. The van der Waals surface area contributed by atoms with Crippen molar-refractivity contribution in [1.29, 1.82) is 5.26 Å². The van der Waals surface area contributed by atoms with E-state index in [-0.39, 0.29) is 10.9 Å². The summed E-state index contributed by atoms with van der Waals surface area (Å²) in [6.07, 6.45) is 1.78. The van der Waals surface area contributed by atoms with E-state index in [0.29, 0.717) is 23.5 Å². The molecule has 0 radical (unpaired) electrons. The molecule has 25 heavy (non-hydrogen) atoms. The van der Waals surface area contributed by atoms with Gasteiger partial charge in [-0.2, -0.15) is 5.26 Å². The van der Waals surface area contributed by atoms with Crippen LogP contribution < -0.4 is 14.8 Å². The van der Waals surface area contributed by atoms with Gasteiger partial charge in [0.2, 0.25) is 10.0 Å². The Kier molecular flexibility index (Phi) is 4.93. The first kappa shape index (κ1) is 17.3. The van der Waals surface area contributed by atoms with Crippen molar-refractivity contribution in [2.24, 2.45) is 0 Å². The largest absolute Gasteiger partial charge is 0.495 e. The summed E-state index contributed by atoms with van der Waals surface area (Å²) in [6, 6.07) is 14.1. The van der Waals surface area contributed by atoms with E-state index >= 15 is 0 Å². The number of ether oxygens (including phenoxy) is 1. The maximum Gasteiger partial charge on any atom is 0.240 e. The van der Waals surface area contributed by atoms with Gasteiger partial charge in [0, 0.05) is 12.6 Å². The predicted molar refractivity (Wildman–Crippen MR) is 94.8 cm³/mol. The van der Waals surface area contributed by atoms with Crippen LogP contribution in [0.15, 0.2) is 47.4 Å². The topological polar surface area (TPSA) is 91.2 Å². The molecule has 3 rings (SSSR count). The molecule has 1 saturated carbocycles. The molecule has 0 heterocycles. The Morgan fingerprint density at radius 3 is 2.52 bits per heavy atom. The summed E-state index contributed by atoms with van der Waals surface area (Å²) in [4.78, 5) is 0.211. The van der Waals surface area contributed by atoms with Crippen molar-refractivity contribution >= 4 is 15.7 Å². The molecule has 0 spiro atoms. The minimum absolute atomic E-state index is 0.0576. The molecule has 0 aromatic heterocycles. The fraction of sp³-hybridized carbons (Fsp3) is 0.278. The molecule has 0 unspecified atom stereocenters. The predicted octanol–water partition coefficient (Wildman–Crippen LogP) is 2.62. The van der Waals surface area contributed by atoms with Gasteiger partial charge < -0.3 is 10.1 Å². The lowest BCUT2D eigenvalue weighted by molar-refractivity contribution is 0.416. The molecule has 6 nitrogen and oxygen atoms in total. The summed E-state index contributed by atoms with van der Waals surface area (Å²) in [5.41, 5.74) is 2.18. The Bertz CT molecular complexity index is 898. The Balaban J connectivity index is 1.78. The van der Waals surface area contributed by atoms with E-state index in [1.54, 1.807) is 31.4 Å². The highest BCUT2D eigenvalue weighted by atomic mass is 32.2. The van der Waals surface area contributed by atoms with Gasteiger partial charge in [-0.05, 0) is 48.7 Å². The fourth-order valence-electron chi connectivity index (χ4n) is 2.38. The third kappa shape index (κ3) is 4.29. The number of anilines is 1. The van der Waals surface area contributed by atoms with Crippen molar-refractivity contribution in [2.75, 3.05) is 12.4 Å². The molecule has 1 aliphatic rings. The van der Waals surface area contributed by atoms with Gasteiger partial charge in [0.15, 0.2) is 0 Å². The Labute approximate surface area is 147 Å². The second kappa shape index (κ2) is 7.13. The van der Waals surface area contributed by atoms with Crippen molar-refractivity contribution in [3.05, 3.63) is 53.6 Å². The van der Waals surface area contributed by atoms with Gasteiger partial charge in [-0.15, -0.1) is 0 Å². The van der Waals surface area contributed by atoms with Crippen LogP contribution in [0.2, 0.25) is 0 Å². The van der Waals surface area contributed by atoms with Gasteiger partial charge in [0.25, 0.3) is 0 Å². The fourth-order valence-corrected chi connectivity index (χ4v) is 3.71. The molecule has 2 N–H and O–H groups in total. The SMILES string of the molecule is COc1ccc(S(=O)(=O)NC2CC2)cc1NCc1ccc(C#N)cc1. The van der Waals surface area contributed by atoms with Crippen LogP contribution in [0.5, 0.6) is 5.75 Å². The van der Waals surface area contributed by atoms with E-state index in [1.165, 1.54) is 6.07 Å². The molecule has 7 heteroatoms. The number of rotatable bonds is 7. The van der Waals surface area contributed by atoms with Crippen LogP contribution in [0.3, 0.4) is 0 Å². The van der Waals surface area contributed by atoms with Crippen molar-refractivity contribution in [3.63, 3.8) is 0 Å². The Morgan fingerprint density at radius 2 is 1.92 bits per heavy atom. The van der Waals surface area contributed by atoms with Crippen LogP contribution in [0.4, 0.5) is 5.69 Å². The first-order valence-corrected chi connectivity index (χ1v) is 9.43. The van der Waals surface area contributed by atoms with Crippen LogP contribution >= 0.6 is 0 Å². The molecule has 130 valence electrons. The minimum atomic E-state index is -3.52. The molecule has 1 aliphatic carbocycles. The summed E-state index contributed by atoms with van der Waals surface area (Å²) >= 11 is 0. The number of sulfonamides is 1. The number of benzene rings is 2. The smallest absolute Gasteiger partial charge is 0.240 e. The van der Waals surface area contributed by atoms with E-state index in [2.05, 4.69) is 16.1 Å². The van der Waals surface area contributed by atoms with Gasteiger partial charge in [-0.25, -0.2) is 13.1 Å². The third-order valence-electron chi connectivity index (χ3n) is 3.95. The highest BCUT2D eigenvalue weighted by Gasteiger charge is 2.28. The van der Waals surface area contributed by atoms with E-state index < -0.39 is 10.0 Å². The highest BCUT2D eigenvalue weighted by molar-refractivity contribution is 7.89. The average molecular weight is 357 g/mol. The lowest BCUT2D eigenvalue weighted by Crippen LogP contribution is -2.25. The van der Waals surface area contributed by atoms with Gasteiger partial charge in [-0.1, -0.05) is 12.1 Å². The van der Waals surface area contributed by atoms with Crippen molar-refractivity contribution in [3.8, 4) is 11.8 Å². The lowest BCUT2D eigenvalue weighted by atomic mass is 10.1. The molecule has 1 fully saturated rings. The first-order chi connectivity index (χ1) is 12.0. The maximum absolute atomic E-state index is 12.4. The summed E-state index contributed by atoms with van der Waals surface area (Å²) in [5.74, 6) is 0.569. The zero-order valence-electron chi connectivity index (χ0n) is 13.8. The summed E-state index contributed by atoms with van der Waals surface area (Å²) < 4.78 is 32.7. The zero-order valence-corrected chi connectivity index (χ0v) is 14.6. The van der Waals surface area contributed by atoms with E-state index in [4.69, 9.17) is 10.00 Å². The first-order valence-electron chi connectivity index (χ1n) is 7.95.